The summed E-state index contributed by atoms with van der Waals surface area (Å²) in [5.41, 5.74) is 4.51. The second-order valence-corrected chi connectivity index (χ2v) is 11.4. The SMILES string of the molecule is Cc1ccc(N(c2ccc(C)cc2)c2ccc(-c3ncc(/N=c4\c(=O)c(=O)c5cc(C(F)(F)F)ccc45)c4nsnc34)cc2)cc1. The third-order valence-electron chi connectivity index (χ3n) is 7.75. The number of aromatic nitrogens is 3. The lowest BCUT2D eigenvalue weighted by molar-refractivity contribution is -0.137. The minimum atomic E-state index is -4.66. The number of aryl methyl sites for hydroxylation is 2. The van der Waals surface area contributed by atoms with Gasteiger partial charge in [-0.15, -0.1) is 0 Å². The van der Waals surface area contributed by atoms with Crippen molar-refractivity contribution in [1.29, 1.82) is 0 Å². The Bertz CT molecular complexity index is 2370. The molecule has 11 heteroatoms. The fourth-order valence-corrected chi connectivity index (χ4v) is 5.91. The van der Waals surface area contributed by atoms with Crippen molar-refractivity contribution in [2.45, 2.75) is 20.0 Å². The van der Waals surface area contributed by atoms with Crippen LogP contribution in [0.3, 0.4) is 0 Å². The molecule has 7 rings (SSSR count). The fourth-order valence-electron chi connectivity index (χ4n) is 5.35. The van der Waals surface area contributed by atoms with Crippen LogP contribution in [-0.4, -0.2) is 13.7 Å². The van der Waals surface area contributed by atoms with Crippen LogP contribution in [0.4, 0.5) is 35.9 Å². The molecule has 0 N–H and O–H groups in total. The Morgan fingerprint density at radius 2 is 1.26 bits per heavy atom. The van der Waals surface area contributed by atoms with Gasteiger partial charge < -0.3 is 4.90 Å². The molecule has 0 bridgehead atoms. The third kappa shape index (κ3) is 5.14. The lowest BCUT2D eigenvalue weighted by Crippen LogP contribution is -2.30. The molecule has 0 saturated heterocycles. The molecule has 46 heavy (non-hydrogen) atoms. The van der Waals surface area contributed by atoms with Crippen molar-refractivity contribution in [2.75, 3.05) is 4.90 Å². The summed E-state index contributed by atoms with van der Waals surface area (Å²) in [6.45, 7) is 4.09. The summed E-state index contributed by atoms with van der Waals surface area (Å²) in [4.78, 5) is 36.5. The maximum absolute atomic E-state index is 13.2. The van der Waals surface area contributed by atoms with E-state index in [1.165, 1.54) is 6.20 Å². The first-order valence-corrected chi connectivity index (χ1v) is 14.9. The molecule has 0 atom stereocenters. The van der Waals surface area contributed by atoms with Crippen LogP contribution in [0.5, 0.6) is 0 Å². The van der Waals surface area contributed by atoms with Crippen molar-refractivity contribution in [2.24, 2.45) is 4.99 Å². The first-order chi connectivity index (χ1) is 22.1. The minimum absolute atomic E-state index is 0.0331. The summed E-state index contributed by atoms with van der Waals surface area (Å²) in [6, 6.07) is 27.0. The van der Waals surface area contributed by atoms with E-state index < -0.39 is 22.6 Å². The van der Waals surface area contributed by atoms with Gasteiger partial charge in [0.2, 0.25) is 5.43 Å². The zero-order valence-corrected chi connectivity index (χ0v) is 25.1. The number of pyridine rings is 1. The van der Waals surface area contributed by atoms with Crippen molar-refractivity contribution in [3.63, 3.8) is 0 Å². The molecule has 0 saturated carbocycles. The maximum atomic E-state index is 13.2. The molecule has 0 aliphatic heterocycles. The first kappa shape index (κ1) is 29.2. The van der Waals surface area contributed by atoms with Crippen LogP contribution in [0.2, 0.25) is 0 Å². The van der Waals surface area contributed by atoms with Crippen LogP contribution < -0.4 is 21.1 Å². The highest BCUT2D eigenvalue weighted by molar-refractivity contribution is 7.00. The standard InChI is InChI=1S/C35H22F3N5O2S/c1-19-3-10-23(11-4-19)43(24-12-5-20(2)6-13-24)25-14-7-21(8-15-25)29-32-31(41-46-42-32)28(18-39-29)40-30-26-16-9-22(35(36,37)38)17-27(26)33(44)34(30)45/h3-18H,1-2H3/b40-30-. The zero-order valence-electron chi connectivity index (χ0n) is 24.3. The van der Waals surface area contributed by atoms with E-state index >= 15 is 0 Å². The van der Waals surface area contributed by atoms with Gasteiger partial charge >= 0.3 is 6.18 Å². The van der Waals surface area contributed by atoms with E-state index in [1.807, 2.05) is 38.1 Å². The zero-order chi connectivity index (χ0) is 32.2. The summed E-state index contributed by atoms with van der Waals surface area (Å²) in [5.74, 6) is 0. The third-order valence-corrected chi connectivity index (χ3v) is 8.28. The molecule has 0 fully saturated rings. The Balaban J connectivity index is 1.29. The van der Waals surface area contributed by atoms with Crippen molar-refractivity contribution < 1.29 is 13.2 Å². The van der Waals surface area contributed by atoms with Crippen LogP contribution in [0.15, 0.2) is 112 Å². The molecule has 0 amide bonds. The van der Waals surface area contributed by atoms with Gasteiger partial charge in [0, 0.05) is 33.4 Å². The predicted molar refractivity (Wildman–Crippen MR) is 174 cm³/mol. The van der Waals surface area contributed by atoms with Crippen LogP contribution in [0.1, 0.15) is 16.7 Å². The molecular weight excluding hydrogens is 611 g/mol. The molecule has 0 unspecified atom stereocenters. The van der Waals surface area contributed by atoms with Crippen LogP contribution in [-0.2, 0) is 6.18 Å². The number of nitrogens with zero attached hydrogens (tertiary/aromatic N) is 5. The van der Waals surface area contributed by atoms with Gasteiger partial charge in [-0.25, -0.2) is 4.99 Å². The van der Waals surface area contributed by atoms with Gasteiger partial charge in [0.25, 0.3) is 5.43 Å². The Hall–Kier alpha value is -5.55. The van der Waals surface area contributed by atoms with Crippen molar-refractivity contribution in [3.05, 3.63) is 140 Å². The Morgan fingerprint density at radius 3 is 1.85 bits per heavy atom. The highest BCUT2D eigenvalue weighted by atomic mass is 32.1. The van der Waals surface area contributed by atoms with E-state index in [-0.39, 0.29) is 21.8 Å². The number of hydrogen-bond donors (Lipinski definition) is 0. The van der Waals surface area contributed by atoms with Gasteiger partial charge in [-0.2, -0.15) is 21.9 Å². The smallest absolute Gasteiger partial charge is 0.311 e. The summed E-state index contributed by atoms with van der Waals surface area (Å²) in [6.07, 6.45) is -3.24. The molecule has 2 aromatic heterocycles. The summed E-state index contributed by atoms with van der Waals surface area (Å²) in [7, 11) is 0. The molecule has 7 nitrogen and oxygen atoms in total. The molecule has 0 spiro atoms. The Kier molecular flexibility index (Phi) is 7.05. The second-order valence-electron chi connectivity index (χ2n) is 10.9. The number of benzene rings is 4. The van der Waals surface area contributed by atoms with Crippen molar-refractivity contribution in [1.82, 2.24) is 13.7 Å². The van der Waals surface area contributed by atoms with E-state index in [0.29, 0.717) is 22.8 Å². The van der Waals surface area contributed by atoms with E-state index in [9.17, 15) is 22.8 Å². The largest absolute Gasteiger partial charge is 0.416 e. The van der Waals surface area contributed by atoms with Gasteiger partial charge in [-0.05, 0) is 62.4 Å². The van der Waals surface area contributed by atoms with E-state index in [2.05, 4.69) is 72.2 Å². The summed E-state index contributed by atoms with van der Waals surface area (Å²) in [5, 5.41) is -0.554. The molecule has 226 valence electrons. The van der Waals surface area contributed by atoms with Gasteiger partial charge in [0.05, 0.1) is 29.2 Å². The van der Waals surface area contributed by atoms with Crippen LogP contribution in [0, 0.1) is 13.8 Å². The van der Waals surface area contributed by atoms with Gasteiger partial charge in [-0.3, -0.25) is 14.6 Å². The van der Waals surface area contributed by atoms with Crippen molar-refractivity contribution in [3.8, 4) is 11.3 Å². The van der Waals surface area contributed by atoms with E-state index in [1.54, 1.807) is 0 Å². The molecule has 0 aliphatic rings. The molecule has 0 radical (unpaired) electrons. The summed E-state index contributed by atoms with van der Waals surface area (Å²) < 4.78 is 48.5. The van der Waals surface area contributed by atoms with Crippen molar-refractivity contribution >= 4 is 56.3 Å². The average molecular weight is 634 g/mol. The van der Waals surface area contributed by atoms with Gasteiger partial charge in [-0.1, -0.05) is 53.6 Å². The second kappa shape index (κ2) is 11.1. The number of fused-ring (bicyclic) bond motifs is 2. The highest BCUT2D eigenvalue weighted by Gasteiger charge is 2.31. The van der Waals surface area contributed by atoms with Crippen LogP contribution >= 0.6 is 11.7 Å². The molecule has 5 aromatic carbocycles. The number of rotatable bonds is 5. The average Bonchev–Trinajstić information content (AvgIpc) is 3.63. The Labute approximate surface area is 263 Å². The monoisotopic (exact) mass is 633 g/mol. The first-order valence-electron chi connectivity index (χ1n) is 14.1. The molecular formula is C35H22F3N5O2S. The summed E-state index contributed by atoms with van der Waals surface area (Å²) >= 11 is 0.936. The Morgan fingerprint density at radius 1 is 0.696 bits per heavy atom. The number of anilines is 3. The number of halogens is 3. The lowest BCUT2D eigenvalue weighted by Gasteiger charge is -2.26. The lowest BCUT2D eigenvalue weighted by atomic mass is 10.1. The minimum Gasteiger partial charge on any atom is -0.311 e. The molecule has 2 heterocycles. The highest BCUT2D eigenvalue weighted by Crippen LogP contribution is 2.37. The van der Waals surface area contributed by atoms with E-state index in [0.717, 1.165) is 57.6 Å². The number of hydrogen-bond acceptors (Lipinski definition) is 8. The quantitative estimate of drug-likeness (QED) is 0.180. The molecule has 0 aliphatic carbocycles. The maximum Gasteiger partial charge on any atom is 0.416 e. The van der Waals surface area contributed by atoms with Gasteiger partial charge in [0.1, 0.15) is 22.1 Å². The molecule has 7 aromatic rings. The van der Waals surface area contributed by atoms with Gasteiger partial charge in [0.15, 0.2) is 0 Å². The predicted octanol–water partition coefficient (Wildman–Crippen LogP) is 7.84. The van der Waals surface area contributed by atoms with Crippen LogP contribution in [0.25, 0.3) is 33.1 Å². The number of alkyl halides is 3. The van der Waals surface area contributed by atoms with E-state index in [4.69, 9.17) is 0 Å². The normalized spacial score (nSPS) is 12.3. The topological polar surface area (TPSA) is 88.4 Å². The fraction of sp³-hybridized carbons (Fsp3) is 0.0857.